The molecule has 3 unspecified atom stereocenters. The summed E-state index contributed by atoms with van der Waals surface area (Å²) in [6.45, 7) is 2.22. The van der Waals surface area contributed by atoms with E-state index >= 15 is 0 Å². The van der Waals surface area contributed by atoms with E-state index in [4.69, 9.17) is 5.73 Å². The van der Waals surface area contributed by atoms with E-state index < -0.39 is 0 Å². The first-order valence-electron chi connectivity index (χ1n) is 8.63. The van der Waals surface area contributed by atoms with Gasteiger partial charge in [-0.3, -0.25) is 9.89 Å². The van der Waals surface area contributed by atoms with E-state index in [2.05, 4.69) is 20.2 Å². The number of β-amino-alcohol motifs (C(OH)–C–C–N with tert-alkyl or cyclic N) is 1. The number of thioether (sulfide) groups is 1. The van der Waals surface area contributed by atoms with Crippen LogP contribution >= 0.6 is 11.8 Å². The van der Waals surface area contributed by atoms with Crippen molar-refractivity contribution in [1.82, 2.24) is 9.88 Å². The number of aliphatic hydroxyl groups is 1. The second-order valence-corrected chi connectivity index (χ2v) is 7.85. The van der Waals surface area contributed by atoms with Crippen LogP contribution in [-0.2, 0) is 6.54 Å². The highest BCUT2D eigenvalue weighted by molar-refractivity contribution is 7.99. The fourth-order valence-corrected chi connectivity index (χ4v) is 4.54. The molecule has 2 aliphatic heterocycles. The lowest BCUT2D eigenvalue weighted by molar-refractivity contribution is 0.149. The Morgan fingerprint density at radius 3 is 2.92 bits per heavy atom. The number of aliphatic hydroxyl groups excluding tert-OH is 1. The van der Waals surface area contributed by atoms with E-state index in [0.29, 0.717) is 6.54 Å². The van der Waals surface area contributed by atoms with E-state index in [1.165, 1.54) is 12.1 Å². The van der Waals surface area contributed by atoms with Gasteiger partial charge in [0.25, 0.3) is 0 Å². The molecular weight excluding hydrogens is 353 g/mol. The van der Waals surface area contributed by atoms with Gasteiger partial charge in [0.2, 0.25) is 0 Å². The largest absolute Gasteiger partial charge is 0.391 e. The van der Waals surface area contributed by atoms with Crippen LogP contribution in [0.2, 0.25) is 0 Å². The Balaban J connectivity index is 1.35. The highest BCUT2D eigenvalue weighted by Crippen LogP contribution is 2.31. The smallest absolute Gasteiger partial charge is 0.141 e. The number of aliphatic imine (C=N–C) groups is 1. The number of halogens is 1. The number of hydrogen-bond donors (Lipinski definition) is 4. The van der Waals surface area contributed by atoms with Gasteiger partial charge in [0, 0.05) is 48.0 Å². The van der Waals surface area contributed by atoms with Crippen molar-refractivity contribution in [3.63, 3.8) is 0 Å². The summed E-state index contributed by atoms with van der Waals surface area (Å²) in [6.07, 6.45) is 2.88. The van der Waals surface area contributed by atoms with Crippen LogP contribution in [0.1, 0.15) is 17.4 Å². The first-order chi connectivity index (χ1) is 12.6. The van der Waals surface area contributed by atoms with Gasteiger partial charge in [0.05, 0.1) is 23.8 Å². The lowest BCUT2D eigenvalue weighted by Gasteiger charge is -2.18. The number of hydrogen-bond acceptors (Lipinski definition) is 6. The van der Waals surface area contributed by atoms with Crippen LogP contribution in [0.25, 0.3) is 0 Å². The molecule has 1 saturated heterocycles. The molecule has 0 saturated carbocycles. The normalized spacial score (nSPS) is 25.3. The summed E-state index contributed by atoms with van der Waals surface area (Å²) in [5, 5.41) is 13.6. The van der Waals surface area contributed by atoms with Crippen molar-refractivity contribution in [2.24, 2.45) is 16.6 Å². The monoisotopic (exact) mass is 375 g/mol. The molecule has 0 radical (unpaired) electrons. The number of rotatable bonds is 5. The number of nitrogens with zero attached hydrogens (tertiary/aromatic N) is 2. The minimum Gasteiger partial charge on any atom is -0.391 e. The highest BCUT2D eigenvalue weighted by atomic mass is 32.2. The highest BCUT2D eigenvalue weighted by Gasteiger charge is 2.32. The predicted molar refractivity (Wildman–Crippen MR) is 102 cm³/mol. The topological polar surface area (TPSA) is 89.7 Å². The summed E-state index contributed by atoms with van der Waals surface area (Å²) in [5.74, 6) is 0.774. The Bertz CT molecular complexity index is 793. The molecular formula is C18H22FN5OS. The van der Waals surface area contributed by atoms with Crippen LogP contribution in [0, 0.1) is 11.7 Å². The van der Waals surface area contributed by atoms with Crippen molar-refractivity contribution in [2.75, 3.05) is 24.2 Å². The Hall–Kier alpha value is -1.87. The van der Waals surface area contributed by atoms with Gasteiger partial charge in [-0.25, -0.2) is 4.39 Å². The molecule has 6 nitrogen and oxygen atoms in total. The molecule has 2 aliphatic rings. The maximum atomic E-state index is 13.0. The summed E-state index contributed by atoms with van der Waals surface area (Å²) in [4.78, 5) is 10.6. The lowest BCUT2D eigenvalue weighted by atomic mass is 10.1. The van der Waals surface area contributed by atoms with E-state index in [9.17, 15) is 9.50 Å². The van der Waals surface area contributed by atoms with Crippen molar-refractivity contribution < 1.29 is 9.50 Å². The molecule has 5 N–H and O–H groups in total. The summed E-state index contributed by atoms with van der Waals surface area (Å²) in [6, 6.07) is 6.49. The average molecular weight is 375 g/mol. The Kier molecular flexibility index (Phi) is 4.99. The number of fused-ring (bicyclic) bond motifs is 1. The standard InChI is InChI=1S/C18H22FN5OS/c19-13-1-3-14(4-2-13)26-9-12-7-24(8-15(12)25)6-11-5-21-17-16(11)22-10-23-18(17)20/h1-5,10,12,15,18,21,25H,6-9,20H2,(H,22,23). The molecule has 0 amide bonds. The third-order valence-corrected chi connectivity index (χ3v) is 6.09. The molecule has 0 aliphatic carbocycles. The number of nitrogens with two attached hydrogens (primary N) is 1. The van der Waals surface area contributed by atoms with E-state index in [-0.39, 0.29) is 24.0 Å². The third-order valence-electron chi connectivity index (χ3n) is 4.89. The van der Waals surface area contributed by atoms with Crippen molar-refractivity contribution in [1.29, 1.82) is 0 Å². The second-order valence-electron chi connectivity index (χ2n) is 6.76. The molecule has 0 bridgehead atoms. The molecule has 4 rings (SSSR count). The van der Waals surface area contributed by atoms with Crippen LogP contribution < -0.4 is 11.1 Å². The van der Waals surface area contributed by atoms with Crippen molar-refractivity contribution in [2.45, 2.75) is 23.7 Å². The van der Waals surface area contributed by atoms with Crippen LogP contribution in [-0.4, -0.2) is 46.3 Å². The fraction of sp³-hybridized carbons (Fsp3) is 0.389. The van der Waals surface area contributed by atoms with Crippen LogP contribution in [0.3, 0.4) is 0 Å². The summed E-state index contributed by atoms with van der Waals surface area (Å²) >= 11 is 1.66. The zero-order chi connectivity index (χ0) is 18.1. The molecule has 0 spiro atoms. The van der Waals surface area contributed by atoms with Crippen LogP contribution in [0.4, 0.5) is 10.1 Å². The van der Waals surface area contributed by atoms with E-state index in [1.54, 1.807) is 30.2 Å². The zero-order valence-electron chi connectivity index (χ0n) is 14.2. The number of likely N-dealkylation sites (tertiary alicyclic amines) is 1. The number of H-pyrrole nitrogens is 1. The second kappa shape index (κ2) is 7.40. The third kappa shape index (κ3) is 3.64. The first kappa shape index (κ1) is 17.5. The van der Waals surface area contributed by atoms with Gasteiger partial charge < -0.3 is 21.1 Å². The van der Waals surface area contributed by atoms with Gasteiger partial charge in [0.15, 0.2) is 0 Å². The Labute approximate surface area is 155 Å². The molecule has 8 heteroatoms. The minimum absolute atomic E-state index is 0.191. The molecule has 1 aromatic carbocycles. The van der Waals surface area contributed by atoms with Gasteiger partial charge in [0.1, 0.15) is 12.0 Å². The Morgan fingerprint density at radius 1 is 1.31 bits per heavy atom. The molecule has 3 heterocycles. The van der Waals surface area contributed by atoms with Crippen molar-refractivity contribution in [3.05, 3.63) is 47.5 Å². The number of aromatic nitrogens is 1. The number of benzene rings is 1. The predicted octanol–water partition coefficient (Wildman–Crippen LogP) is 2.15. The van der Waals surface area contributed by atoms with Crippen LogP contribution in [0.15, 0.2) is 40.4 Å². The van der Waals surface area contributed by atoms with Gasteiger partial charge in [-0.1, -0.05) is 0 Å². The van der Waals surface area contributed by atoms with Gasteiger partial charge >= 0.3 is 0 Å². The van der Waals surface area contributed by atoms with Gasteiger partial charge in [-0.05, 0) is 24.3 Å². The van der Waals surface area contributed by atoms with Crippen molar-refractivity contribution in [3.8, 4) is 0 Å². The summed E-state index contributed by atoms with van der Waals surface area (Å²) < 4.78 is 13.0. The van der Waals surface area contributed by atoms with Crippen LogP contribution in [0.5, 0.6) is 0 Å². The molecule has 1 aromatic heterocycles. The molecule has 138 valence electrons. The Morgan fingerprint density at radius 2 is 2.12 bits per heavy atom. The minimum atomic E-state index is -0.357. The SMILES string of the molecule is NC1N=CNc2c(CN3CC(O)C(CSc4ccc(F)cc4)C3)c[nH]c21. The fourth-order valence-electron chi connectivity index (χ4n) is 3.48. The van der Waals surface area contributed by atoms with E-state index in [1.807, 2.05) is 6.20 Å². The number of aromatic amines is 1. The lowest BCUT2D eigenvalue weighted by Crippen LogP contribution is -2.22. The summed E-state index contributed by atoms with van der Waals surface area (Å²) in [5.41, 5.74) is 8.98. The maximum Gasteiger partial charge on any atom is 0.141 e. The van der Waals surface area contributed by atoms with Gasteiger partial charge in [-0.15, -0.1) is 11.8 Å². The average Bonchev–Trinajstić information content (AvgIpc) is 3.19. The van der Waals surface area contributed by atoms with E-state index in [0.717, 1.165) is 40.7 Å². The zero-order valence-corrected chi connectivity index (χ0v) is 15.0. The molecule has 2 aromatic rings. The first-order valence-corrected chi connectivity index (χ1v) is 9.61. The van der Waals surface area contributed by atoms with Gasteiger partial charge in [-0.2, -0.15) is 0 Å². The quantitative estimate of drug-likeness (QED) is 0.602. The maximum absolute atomic E-state index is 13.0. The molecule has 3 atom stereocenters. The van der Waals surface area contributed by atoms with Crippen molar-refractivity contribution >= 4 is 23.8 Å². The number of nitrogens with one attached hydrogen (secondary N) is 2. The molecule has 1 fully saturated rings. The summed E-state index contributed by atoms with van der Waals surface area (Å²) in [7, 11) is 0. The molecule has 26 heavy (non-hydrogen) atoms. The number of anilines is 1.